The Morgan fingerprint density at radius 2 is 2.26 bits per heavy atom. The lowest BCUT2D eigenvalue weighted by atomic mass is 10.1. The van der Waals surface area contributed by atoms with Gasteiger partial charge in [0.25, 0.3) is 5.69 Å². The van der Waals surface area contributed by atoms with Gasteiger partial charge in [-0.3, -0.25) is 10.1 Å². The van der Waals surface area contributed by atoms with Gasteiger partial charge in [0.2, 0.25) is 0 Å². The predicted octanol–water partition coefficient (Wildman–Crippen LogP) is 2.49. The van der Waals surface area contributed by atoms with Crippen molar-refractivity contribution in [2.45, 2.75) is 39.3 Å². The highest BCUT2D eigenvalue weighted by Gasteiger charge is 2.23. The van der Waals surface area contributed by atoms with Crippen molar-refractivity contribution in [2.24, 2.45) is 0 Å². The topological polar surface area (TPSA) is 110 Å². The third kappa shape index (κ3) is 2.61. The molecule has 1 unspecified atom stereocenters. The molecule has 0 fully saturated rings. The summed E-state index contributed by atoms with van der Waals surface area (Å²) in [5, 5.41) is 31.9. The average molecular weight is 312 g/mol. The summed E-state index contributed by atoms with van der Waals surface area (Å²) >= 11 is 0. The van der Waals surface area contributed by atoms with Crippen LogP contribution in [-0.2, 0) is 13.0 Å². The molecule has 0 saturated carbocycles. The van der Waals surface area contributed by atoms with Gasteiger partial charge in [-0.25, -0.2) is 0 Å². The maximum Gasteiger partial charge on any atom is 0.275 e. The van der Waals surface area contributed by atoms with Crippen molar-refractivity contribution in [3.05, 3.63) is 45.0 Å². The Bertz CT molecular complexity index is 820. The third-order valence-electron chi connectivity index (χ3n) is 4.10. The van der Waals surface area contributed by atoms with E-state index < -0.39 is 4.92 Å². The van der Waals surface area contributed by atoms with Crippen LogP contribution >= 0.6 is 0 Å². The second-order valence-electron chi connectivity index (χ2n) is 5.63. The maximum absolute atomic E-state index is 11.2. The maximum atomic E-state index is 11.2. The van der Waals surface area contributed by atoms with Crippen LogP contribution in [0.2, 0.25) is 0 Å². The molecule has 0 amide bonds. The molecule has 2 heterocycles. The molecule has 118 valence electrons. The Morgan fingerprint density at radius 1 is 1.48 bits per heavy atom. The first-order valence-electron chi connectivity index (χ1n) is 7.39. The monoisotopic (exact) mass is 312 g/mol. The Labute approximate surface area is 132 Å². The van der Waals surface area contributed by atoms with Crippen molar-refractivity contribution in [1.82, 2.24) is 14.8 Å². The van der Waals surface area contributed by atoms with E-state index in [2.05, 4.69) is 20.1 Å². The van der Waals surface area contributed by atoms with Crippen molar-refractivity contribution in [1.29, 1.82) is 5.26 Å². The average Bonchev–Trinajstić information content (AvgIpc) is 3.11. The number of nitriles is 1. The molecule has 1 aromatic carbocycles. The molecule has 0 aliphatic carbocycles. The zero-order chi connectivity index (χ0) is 16.6. The molecular weight excluding hydrogens is 296 g/mol. The molecule has 1 aliphatic heterocycles. The summed E-state index contributed by atoms with van der Waals surface area (Å²) in [6.07, 6.45) is 1.98. The van der Waals surface area contributed by atoms with Crippen molar-refractivity contribution >= 4 is 11.4 Å². The first kappa shape index (κ1) is 15.0. The van der Waals surface area contributed by atoms with Crippen LogP contribution in [0.5, 0.6) is 0 Å². The van der Waals surface area contributed by atoms with E-state index in [0.29, 0.717) is 11.3 Å². The zero-order valence-electron chi connectivity index (χ0n) is 12.9. The first-order chi connectivity index (χ1) is 11.0. The second kappa shape index (κ2) is 5.68. The van der Waals surface area contributed by atoms with E-state index in [1.807, 2.05) is 13.0 Å². The lowest BCUT2D eigenvalue weighted by Crippen LogP contribution is -2.14. The van der Waals surface area contributed by atoms with Gasteiger partial charge in [-0.1, -0.05) is 0 Å². The number of fused-ring (bicyclic) bond motifs is 1. The molecule has 0 saturated heterocycles. The molecule has 1 N–H and O–H groups in total. The van der Waals surface area contributed by atoms with Crippen LogP contribution in [0, 0.1) is 28.4 Å². The molecule has 0 spiro atoms. The van der Waals surface area contributed by atoms with E-state index in [4.69, 9.17) is 5.26 Å². The number of nitrogens with one attached hydrogen (secondary N) is 1. The van der Waals surface area contributed by atoms with Gasteiger partial charge in [0.15, 0.2) is 5.82 Å². The minimum absolute atomic E-state index is 0.0646. The van der Waals surface area contributed by atoms with Crippen molar-refractivity contribution in [3.63, 3.8) is 0 Å². The summed E-state index contributed by atoms with van der Waals surface area (Å²) < 4.78 is 2.08. The molecule has 8 heteroatoms. The highest BCUT2D eigenvalue weighted by Crippen LogP contribution is 2.30. The SMILES string of the molecule is Cc1c(NC(C)c2nnc3n2CCC3)cc(C#N)cc1[N+](=O)[O-]. The molecule has 1 atom stereocenters. The molecule has 23 heavy (non-hydrogen) atoms. The van der Waals surface area contributed by atoms with E-state index in [-0.39, 0.29) is 17.3 Å². The van der Waals surface area contributed by atoms with Crippen molar-refractivity contribution in [3.8, 4) is 6.07 Å². The van der Waals surface area contributed by atoms with Crippen molar-refractivity contribution in [2.75, 3.05) is 5.32 Å². The fraction of sp³-hybridized carbons (Fsp3) is 0.400. The van der Waals surface area contributed by atoms with Gasteiger partial charge in [0.1, 0.15) is 5.82 Å². The standard InChI is InChI=1S/C15H16N6O2/c1-9-12(6-11(8-16)7-13(9)21(22)23)17-10(2)15-19-18-14-4-3-5-20(14)15/h6-7,10,17H,3-5H2,1-2H3. The number of aromatic nitrogens is 3. The minimum atomic E-state index is -0.471. The van der Waals surface area contributed by atoms with E-state index >= 15 is 0 Å². The summed E-state index contributed by atoms with van der Waals surface area (Å²) in [4.78, 5) is 10.7. The Balaban J connectivity index is 1.94. The molecular formula is C15H16N6O2. The zero-order valence-corrected chi connectivity index (χ0v) is 12.9. The van der Waals surface area contributed by atoms with Gasteiger partial charge < -0.3 is 9.88 Å². The van der Waals surface area contributed by atoms with Crippen LogP contribution in [0.15, 0.2) is 12.1 Å². The van der Waals surface area contributed by atoms with Crippen molar-refractivity contribution < 1.29 is 4.92 Å². The highest BCUT2D eigenvalue weighted by molar-refractivity contribution is 5.64. The van der Waals surface area contributed by atoms with Gasteiger partial charge in [-0.2, -0.15) is 5.26 Å². The summed E-state index contributed by atoms with van der Waals surface area (Å²) in [7, 11) is 0. The molecule has 1 aliphatic rings. The number of rotatable bonds is 4. The summed E-state index contributed by atoms with van der Waals surface area (Å²) in [5.41, 5.74) is 1.26. The molecule has 0 bridgehead atoms. The summed E-state index contributed by atoms with van der Waals surface area (Å²) in [6.45, 7) is 4.49. The van der Waals surface area contributed by atoms with E-state index in [0.717, 1.165) is 31.0 Å². The van der Waals surface area contributed by atoms with E-state index in [9.17, 15) is 10.1 Å². The van der Waals surface area contributed by atoms with Gasteiger partial charge >= 0.3 is 0 Å². The molecule has 0 radical (unpaired) electrons. The Kier molecular flexibility index (Phi) is 3.70. The first-order valence-corrected chi connectivity index (χ1v) is 7.39. The number of hydrogen-bond acceptors (Lipinski definition) is 6. The van der Waals surface area contributed by atoms with Crippen LogP contribution in [-0.4, -0.2) is 19.7 Å². The number of hydrogen-bond donors (Lipinski definition) is 1. The smallest absolute Gasteiger partial charge is 0.275 e. The normalized spacial score (nSPS) is 14.1. The summed E-state index contributed by atoms with van der Waals surface area (Å²) in [5.74, 6) is 1.78. The number of nitro groups is 1. The fourth-order valence-corrected chi connectivity index (χ4v) is 2.89. The Hall–Kier alpha value is -2.95. The molecule has 1 aromatic heterocycles. The summed E-state index contributed by atoms with van der Waals surface area (Å²) in [6, 6.07) is 4.71. The number of aryl methyl sites for hydroxylation is 1. The van der Waals surface area contributed by atoms with Gasteiger partial charge in [-0.15, -0.1) is 10.2 Å². The van der Waals surface area contributed by atoms with Gasteiger partial charge in [0, 0.05) is 30.3 Å². The highest BCUT2D eigenvalue weighted by atomic mass is 16.6. The van der Waals surface area contributed by atoms with Crippen LogP contribution in [0.25, 0.3) is 0 Å². The number of nitrogens with zero attached hydrogens (tertiary/aromatic N) is 5. The molecule has 8 nitrogen and oxygen atoms in total. The predicted molar refractivity (Wildman–Crippen MR) is 82.9 cm³/mol. The van der Waals surface area contributed by atoms with Gasteiger partial charge in [-0.05, 0) is 26.3 Å². The number of benzene rings is 1. The van der Waals surface area contributed by atoms with Gasteiger partial charge in [0.05, 0.1) is 22.6 Å². The van der Waals surface area contributed by atoms with E-state index in [1.165, 1.54) is 6.07 Å². The van der Waals surface area contributed by atoms with Crippen LogP contribution in [0.1, 0.15) is 42.2 Å². The lowest BCUT2D eigenvalue weighted by molar-refractivity contribution is -0.385. The number of anilines is 1. The Morgan fingerprint density at radius 3 is 2.96 bits per heavy atom. The third-order valence-corrected chi connectivity index (χ3v) is 4.10. The number of nitro benzene ring substituents is 1. The van der Waals surface area contributed by atoms with E-state index in [1.54, 1.807) is 13.0 Å². The quantitative estimate of drug-likeness (QED) is 0.686. The molecule has 2 aromatic rings. The van der Waals surface area contributed by atoms with Crippen LogP contribution in [0.4, 0.5) is 11.4 Å². The van der Waals surface area contributed by atoms with Crippen LogP contribution < -0.4 is 5.32 Å². The minimum Gasteiger partial charge on any atom is -0.375 e. The van der Waals surface area contributed by atoms with Crippen LogP contribution in [0.3, 0.4) is 0 Å². The largest absolute Gasteiger partial charge is 0.375 e. The fourth-order valence-electron chi connectivity index (χ4n) is 2.89. The second-order valence-corrected chi connectivity index (χ2v) is 5.63. The lowest BCUT2D eigenvalue weighted by Gasteiger charge is -2.17. The molecule has 3 rings (SSSR count).